The molecule has 0 unspecified atom stereocenters. The molecule has 0 spiro atoms. The second-order valence-corrected chi connectivity index (χ2v) is 6.10. The summed E-state index contributed by atoms with van der Waals surface area (Å²) in [5.41, 5.74) is 3.45. The molecular formula is C20H22FNO3. The monoisotopic (exact) mass is 343 g/mol. The number of Topliss-reactive ketones (excluding diaryl/α,β-unsaturated/α-hetero) is 1. The Morgan fingerprint density at radius 1 is 1.08 bits per heavy atom. The van der Waals surface area contributed by atoms with Crippen molar-refractivity contribution in [2.45, 2.75) is 39.8 Å². The van der Waals surface area contributed by atoms with E-state index in [1.54, 1.807) is 6.07 Å². The number of benzene rings is 2. The molecule has 0 aliphatic heterocycles. The van der Waals surface area contributed by atoms with Gasteiger partial charge in [-0.25, -0.2) is 4.39 Å². The van der Waals surface area contributed by atoms with Gasteiger partial charge in [0.15, 0.2) is 5.78 Å². The lowest BCUT2D eigenvalue weighted by Gasteiger charge is -2.08. The Labute approximate surface area is 146 Å². The minimum Gasteiger partial charge on any atom is -0.392 e. The maximum absolute atomic E-state index is 13.3. The van der Waals surface area contributed by atoms with Gasteiger partial charge in [-0.1, -0.05) is 23.8 Å². The van der Waals surface area contributed by atoms with Crippen molar-refractivity contribution in [3.05, 3.63) is 70.0 Å². The van der Waals surface area contributed by atoms with E-state index in [0.29, 0.717) is 11.1 Å². The molecule has 0 radical (unpaired) electrons. The van der Waals surface area contributed by atoms with Crippen LogP contribution in [0.25, 0.3) is 0 Å². The summed E-state index contributed by atoms with van der Waals surface area (Å²) in [7, 11) is 0. The highest BCUT2D eigenvalue weighted by Crippen LogP contribution is 2.14. The zero-order valence-electron chi connectivity index (χ0n) is 14.4. The average molecular weight is 343 g/mol. The molecular weight excluding hydrogens is 321 g/mol. The lowest BCUT2D eigenvalue weighted by atomic mass is 9.99. The fourth-order valence-electron chi connectivity index (χ4n) is 2.55. The molecule has 0 saturated carbocycles. The number of ketones is 1. The smallest absolute Gasteiger partial charge is 0.220 e. The van der Waals surface area contributed by atoms with Crippen molar-refractivity contribution in [1.29, 1.82) is 0 Å². The predicted molar refractivity (Wildman–Crippen MR) is 93.7 cm³/mol. The van der Waals surface area contributed by atoms with Crippen molar-refractivity contribution < 1.29 is 19.1 Å². The van der Waals surface area contributed by atoms with Crippen LogP contribution in [0.1, 0.15) is 45.5 Å². The molecule has 0 aliphatic rings. The number of aryl methyl sites for hydroxylation is 2. The van der Waals surface area contributed by atoms with E-state index in [1.807, 2.05) is 32.0 Å². The van der Waals surface area contributed by atoms with Crippen LogP contribution in [-0.4, -0.2) is 16.8 Å². The maximum atomic E-state index is 13.3. The van der Waals surface area contributed by atoms with E-state index < -0.39 is 12.4 Å². The number of aliphatic hydroxyl groups excluding tert-OH is 1. The summed E-state index contributed by atoms with van der Waals surface area (Å²) in [6, 6.07) is 10.0. The number of carbonyl (C=O) groups excluding carboxylic acids is 2. The lowest BCUT2D eigenvalue weighted by Crippen LogP contribution is -2.23. The van der Waals surface area contributed by atoms with E-state index in [1.165, 1.54) is 12.1 Å². The molecule has 2 aromatic carbocycles. The quantitative estimate of drug-likeness (QED) is 0.759. The first-order chi connectivity index (χ1) is 11.9. The Morgan fingerprint density at radius 3 is 2.56 bits per heavy atom. The Morgan fingerprint density at radius 2 is 1.84 bits per heavy atom. The summed E-state index contributed by atoms with van der Waals surface area (Å²) in [6.45, 7) is 3.63. The molecule has 0 bridgehead atoms. The fraction of sp³-hybridized carbons (Fsp3) is 0.300. The van der Waals surface area contributed by atoms with Gasteiger partial charge in [0, 0.05) is 30.5 Å². The van der Waals surface area contributed by atoms with Crippen molar-refractivity contribution in [3.8, 4) is 0 Å². The van der Waals surface area contributed by atoms with Gasteiger partial charge in [0.05, 0.1) is 6.61 Å². The van der Waals surface area contributed by atoms with Gasteiger partial charge in [0.1, 0.15) is 5.82 Å². The number of amides is 1. The van der Waals surface area contributed by atoms with Crippen LogP contribution in [0.2, 0.25) is 0 Å². The predicted octanol–water partition coefficient (Wildman–Crippen LogP) is 3.21. The van der Waals surface area contributed by atoms with Gasteiger partial charge >= 0.3 is 0 Å². The first-order valence-corrected chi connectivity index (χ1v) is 8.16. The molecule has 0 fully saturated rings. The summed E-state index contributed by atoms with van der Waals surface area (Å²) in [5.74, 6) is -0.772. The lowest BCUT2D eigenvalue weighted by molar-refractivity contribution is -0.121. The highest BCUT2D eigenvalue weighted by atomic mass is 19.1. The van der Waals surface area contributed by atoms with Crippen molar-refractivity contribution >= 4 is 11.7 Å². The molecule has 0 heterocycles. The molecule has 2 aromatic rings. The first kappa shape index (κ1) is 18.8. The van der Waals surface area contributed by atoms with E-state index in [0.717, 1.165) is 11.1 Å². The van der Waals surface area contributed by atoms with Crippen LogP contribution >= 0.6 is 0 Å². The largest absolute Gasteiger partial charge is 0.392 e. The molecule has 0 atom stereocenters. The average Bonchev–Trinajstić information content (AvgIpc) is 2.60. The summed E-state index contributed by atoms with van der Waals surface area (Å²) < 4.78 is 13.3. The van der Waals surface area contributed by atoms with E-state index in [4.69, 9.17) is 5.11 Å². The number of hydrogen-bond acceptors (Lipinski definition) is 3. The van der Waals surface area contributed by atoms with Crippen LogP contribution < -0.4 is 5.32 Å². The minimum atomic E-state index is -0.475. The fourth-order valence-corrected chi connectivity index (χ4v) is 2.55. The Bertz CT molecular complexity index is 787. The Hall–Kier alpha value is -2.53. The first-order valence-electron chi connectivity index (χ1n) is 8.16. The maximum Gasteiger partial charge on any atom is 0.220 e. The third-order valence-corrected chi connectivity index (χ3v) is 4.04. The van der Waals surface area contributed by atoms with Gasteiger partial charge < -0.3 is 10.4 Å². The van der Waals surface area contributed by atoms with E-state index in [2.05, 4.69) is 5.32 Å². The van der Waals surface area contributed by atoms with E-state index in [-0.39, 0.29) is 36.6 Å². The molecule has 0 aliphatic carbocycles. The zero-order valence-corrected chi connectivity index (χ0v) is 14.4. The summed E-state index contributed by atoms with van der Waals surface area (Å²) in [6.07, 6.45) is 0.238. The molecule has 25 heavy (non-hydrogen) atoms. The molecule has 2 N–H and O–H groups in total. The second-order valence-electron chi connectivity index (χ2n) is 6.10. The number of halogens is 1. The minimum absolute atomic E-state index is 0.0549. The van der Waals surface area contributed by atoms with Gasteiger partial charge in [-0.3, -0.25) is 9.59 Å². The molecule has 1 amide bonds. The van der Waals surface area contributed by atoms with Gasteiger partial charge in [-0.2, -0.15) is 0 Å². The molecule has 5 heteroatoms. The summed E-state index contributed by atoms with van der Waals surface area (Å²) in [4.78, 5) is 24.2. The molecule has 132 valence electrons. The van der Waals surface area contributed by atoms with Crippen LogP contribution in [-0.2, 0) is 17.9 Å². The number of rotatable bonds is 7. The van der Waals surface area contributed by atoms with Crippen LogP contribution in [0.15, 0.2) is 36.4 Å². The molecule has 2 rings (SSSR count). The third-order valence-electron chi connectivity index (χ3n) is 4.04. The van der Waals surface area contributed by atoms with Gasteiger partial charge in [0.25, 0.3) is 0 Å². The second kappa shape index (κ2) is 8.53. The topological polar surface area (TPSA) is 66.4 Å². The number of hydrogen-bond donors (Lipinski definition) is 2. The van der Waals surface area contributed by atoms with Crippen LogP contribution in [0, 0.1) is 19.7 Å². The highest BCUT2D eigenvalue weighted by Gasteiger charge is 2.12. The SMILES string of the molecule is Cc1ccc(C)c(C(=O)CCC(=O)NCc2ccc(F)c(CO)c2)c1. The summed E-state index contributed by atoms with van der Waals surface area (Å²) in [5, 5.41) is 11.8. The molecule has 0 saturated heterocycles. The standard InChI is InChI=1S/C20H22FNO3/c1-13-3-4-14(2)17(9-13)19(24)7-8-20(25)22-11-15-5-6-18(21)16(10-15)12-23/h3-6,9-10,23H,7-8,11-12H2,1-2H3,(H,22,25). The van der Waals surface area contributed by atoms with E-state index in [9.17, 15) is 14.0 Å². The van der Waals surface area contributed by atoms with Crippen molar-refractivity contribution in [3.63, 3.8) is 0 Å². The number of nitrogens with one attached hydrogen (secondary N) is 1. The van der Waals surface area contributed by atoms with E-state index >= 15 is 0 Å². The normalized spacial score (nSPS) is 10.6. The van der Waals surface area contributed by atoms with Crippen molar-refractivity contribution in [2.24, 2.45) is 0 Å². The van der Waals surface area contributed by atoms with Crippen molar-refractivity contribution in [1.82, 2.24) is 5.32 Å². The third kappa shape index (κ3) is 5.22. The van der Waals surface area contributed by atoms with Crippen LogP contribution in [0.5, 0.6) is 0 Å². The molecule has 0 aromatic heterocycles. The summed E-state index contributed by atoms with van der Waals surface area (Å²) >= 11 is 0. The zero-order chi connectivity index (χ0) is 18.4. The van der Waals surface area contributed by atoms with Gasteiger partial charge in [-0.15, -0.1) is 0 Å². The van der Waals surface area contributed by atoms with Gasteiger partial charge in [0.2, 0.25) is 5.91 Å². The number of carbonyl (C=O) groups is 2. The Kier molecular flexibility index (Phi) is 6.42. The van der Waals surface area contributed by atoms with Gasteiger partial charge in [-0.05, 0) is 43.2 Å². The molecule has 4 nitrogen and oxygen atoms in total. The Balaban J connectivity index is 1.86. The number of aliphatic hydroxyl groups is 1. The van der Waals surface area contributed by atoms with Crippen LogP contribution in [0.3, 0.4) is 0 Å². The van der Waals surface area contributed by atoms with Crippen molar-refractivity contribution in [2.75, 3.05) is 0 Å². The highest BCUT2D eigenvalue weighted by molar-refractivity contribution is 5.99. The van der Waals surface area contributed by atoms with Crippen LogP contribution in [0.4, 0.5) is 4.39 Å².